The van der Waals surface area contributed by atoms with Gasteiger partial charge in [0.25, 0.3) is 0 Å². The van der Waals surface area contributed by atoms with Crippen molar-refractivity contribution in [2.45, 2.75) is 180 Å². The SMILES string of the molecule is N#CNC(=O)CCCCCCCCCCCCCCC(=O)[O-].N#CNC(=O)CCCCCCCCCCCCCCC(=O)[O-].[Ca+2]. The minimum absolute atomic E-state index is 0. The van der Waals surface area contributed by atoms with Gasteiger partial charge in [-0.15, -0.1) is 0 Å². The van der Waals surface area contributed by atoms with Crippen LogP contribution in [-0.2, 0) is 19.2 Å². The molecule has 0 saturated heterocycles. The number of unbranched alkanes of at least 4 members (excludes halogenated alkanes) is 22. The van der Waals surface area contributed by atoms with E-state index in [9.17, 15) is 29.4 Å². The van der Waals surface area contributed by atoms with Crippen molar-refractivity contribution in [1.29, 1.82) is 10.5 Å². The molecule has 0 atom stereocenters. The number of hydrogen-bond donors (Lipinski definition) is 2. The summed E-state index contributed by atoms with van der Waals surface area (Å²) in [4.78, 5) is 42.5. The number of nitrogens with zero attached hydrogens (tertiary/aromatic N) is 2. The van der Waals surface area contributed by atoms with Gasteiger partial charge in [-0.3, -0.25) is 20.2 Å². The van der Waals surface area contributed by atoms with E-state index in [1.54, 1.807) is 12.4 Å². The molecule has 0 aliphatic heterocycles. The summed E-state index contributed by atoms with van der Waals surface area (Å²) in [6, 6.07) is 0. The number of nitrogens with one attached hydrogen (secondary N) is 2. The zero-order valence-corrected chi connectivity index (χ0v) is 30.1. The van der Waals surface area contributed by atoms with E-state index in [0.717, 1.165) is 77.0 Å². The van der Waals surface area contributed by atoms with Crippen molar-refractivity contribution in [2.75, 3.05) is 0 Å². The average Bonchev–Trinajstić information content (AvgIpc) is 2.97. The second kappa shape index (κ2) is 40.1. The molecular formula is C34H58CaN4O6. The molecule has 0 heterocycles. The Labute approximate surface area is 302 Å². The van der Waals surface area contributed by atoms with Gasteiger partial charge in [-0.1, -0.05) is 128 Å². The standard InChI is InChI=1S/2C17H30N2O3.Ca/c2*18-15-19-16(20)13-11-9-7-5-3-1-2-4-6-8-10-12-14-17(21)22;/h2*1-14H2,(H,19,20)(H,21,22);/q;;+2/p-2. The molecule has 0 radical (unpaired) electrons. The third-order valence-electron chi connectivity index (χ3n) is 7.46. The Morgan fingerprint density at radius 2 is 0.556 bits per heavy atom. The van der Waals surface area contributed by atoms with Crippen LogP contribution in [-0.4, -0.2) is 61.5 Å². The number of rotatable bonds is 30. The molecule has 0 spiro atoms. The van der Waals surface area contributed by atoms with E-state index in [1.807, 2.05) is 0 Å². The van der Waals surface area contributed by atoms with E-state index in [4.69, 9.17) is 10.5 Å². The summed E-state index contributed by atoms with van der Waals surface area (Å²) in [7, 11) is 0. The van der Waals surface area contributed by atoms with E-state index in [1.165, 1.54) is 77.0 Å². The molecule has 2 N–H and O–H groups in total. The first-order chi connectivity index (χ1) is 21.3. The smallest absolute Gasteiger partial charge is 0.550 e. The van der Waals surface area contributed by atoms with Gasteiger partial charge in [0, 0.05) is 24.8 Å². The van der Waals surface area contributed by atoms with E-state index in [-0.39, 0.29) is 62.4 Å². The number of carboxylic acids is 2. The van der Waals surface area contributed by atoms with Crippen molar-refractivity contribution in [3.8, 4) is 12.4 Å². The normalized spacial score (nSPS) is 9.91. The van der Waals surface area contributed by atoms with Crippen molar-refractivity contribution in [3.63, 3.8) is 0 Å². The number of carboxylic acid groups (broad SMARTS) is 2. The molecule has 0 aliphatic rings. The number of aliphatic carboxylic acids is 2. The first-order valence-corrected chi connectivity index (χ1v) is 17.1. The van der Waals surface area contributed by atoms with Crippen LogP contribution in [0.3, 0.4) is 0 Å². The van der Waals surface area contributed by atoms with Gasteiger partial charge in [0.15, 0.2) is 12.4 Å². The number of carbonyl (C=O) groups excluding carboxylic acids is 4. The maximum absolute atomic E-state index is 11.0. The quantitative estimate of drug-likeness (QED) is 0.0456. The van der Waals surface area contributed by atoms with Crippen LogP contribution < -0.4 is 20.8 Å². The Bertz CT molecular complexity index is 747. The molecule has 252 valence electrons. The summed E-state index contributed by atoms with van der Waals surface area (Å²) >= 11 is 0. The number of hydrogen-bond acceptors (Lipinski definition) is 8. The summed E-state index contributed by atoms with van der Waals surface area (Å²) in [5, 5.41) is 41.2. The van der Waals surface area contributed by atoms with Crippen LogP contribution in [0.25, 0.3) is 0 Å². The topological polar surface area (TPSA) is 186 Å². The Balaban J connectivity index is -0.000000767. The Morgan fingerprint density at radius 3 is 0.733 bits per heavy atom. The molecule has 0 rings (SSSR count). The zero-order chi connectivity index (χ0) is 32.9. The molecule has 11 heteroatoms. The van der Waals surface area contributed by atoms with Crippen molar-refractivity contribution >= 4 is 61.5 Å². The van der Waals surface area contributed by atoms with E-state index in [2.05, 4.69) is 10.6 Å². The monoisotopic (exact) mass is 658 g/mol. The largest absolute Gasteiger partial charge is 2.00 e. The third-order valence-corrected chi connectivity index (χ3v) is 7.46. The molecule has 2 amide bonds. The van der Waals surface area contributed by atoms with Crippen molar-refractivity contribution in [1.82, 2.24) is 10.6 Å². The van der Waals surface area contributed by atoms with Crippen LogP contribution in [0.1, 0.15) is 180 Å². The minimum Gasteiger partial charge on any atom is -0.550 e. The predicted molar refractivity (Wildman–Crippen MR) is 173 cm³/mol. The molecule has 0 aromatic carbocycles. The molecular weight excluding hydrogens is 600 g/mol. The van der Waals surface area contributed by atoms with Gasteiger partial charge in [-0.25, -0.2) is 0 Å². The van der Waals surface area contributed by atoms with Crippen molar-refractivity contribution in [2.24, 2.45) is 0 Å². The third kappa shape index (κ3) is 46.7. The Morgan fingerprint density at radius 1 is 0.378 bits per heavy atom. The van der Waals surface area contributed by atoms with E-state index in [0.29, 0.717) is 12.8 Å². The van der Waals surface area contributed by atoms with Gasteiger partial charge in [0.1, 0.15) is 0 Å². The van der Waals surface area contributed by atoms with Crippen LogP contribution in [0, 0.1) is 22.9 Å². The fraction of sp³-hybridized carbons (Fsp3) is 0.824. The number of carbonyl (C=O) groups is 4. The Hall–Kier alpha value is -1.88. The second-order valence-corrected chi connectivity index (χ2v) is 11.5. The van der Waals surface area contributed by atoms with Gasteiger partial charge in [0.05, 0.1) is 0 Å². The van der Waals surface area contributed by atoms with Crippen LogP contribution >= 0.6 is 0 Å². The average molecular weight is 659 g/mol. The van der Waals surface area contributed by atoms with Crippen LogP contribution in [0.4, 0.5) is 0 Å². The molecule has 0 saturated carbocycles. The minimum atomic E-state index is -0.939. The zero-order valence-electron chi connectivity index (χ0n) is 27.9. The van der Waals surface area contributed by atoms with Crippen LogP contribution in [0.2, 0.25) is 0 Å². The van der Waals surface area contributed by atoms with E-state index < -0.39 is 11.9 Å². The summed E-state index contributed by atoms with van der Waals surface area (Å²) in [5.41, 5.74) is 0. The maximum atomic E-state index is 11.0. The van der Waals surface area contributed by atoms with Crippen LogP contribution in [0.5, 0.6) is 0 Å². The second-order valence-electron chi connectivity index (χ2n) is 11.5. The summed E-state index contributed by atoms with van der Waals surface area (Å²) in [6.07, 6.45) is 31.2. The Kier molecular flexibility index (Phi) is 42.4. The van der Waals surface area contributed by atoms with E-state index >= 15 is 0 Å². The molecule has 0 aliphatic carbocycles. The van der Waals surface area contributed by atoms with Crippen LogP contribution in [0.15, 0.2) is 0 Å². The number of amides is 2. The van der Waals surface area contributed by atoms with Gasteiger partial charge in [0.2, 0.25) is 11.8 Å². The van der Waals surface area contributed by atoms with Crippen molar-refractivity contribution in [3.05, 3.63) is 0 Å². The number of nitriles is 2. The molecule has 0 aromatic rings. The van der Waals surface area contributed by atoms with Crippen molar-refractivity contribution < 1.29 is 29.4 Å². The maximum Gasteiger partial charge on any atom is 2.00 e. The molecule has 0 unspecified atom stereocenters. The molecule has 0 bridgehead atoms. The first kappa shape index (κ1) is 47.5. The summed E-state index contributed by atoms with van der Waals surface area (Å²) < 4.78 is 0. The predicted octanol–water partition coefficient (Wildman–Crippen LogP) is 5.21. The molecule has 45 heavy (non-hydrogen) atoms. The molecule has 0 fully saturated rings. The molecule has 10 nitrogen and oxygen atoms in total. The summed E-state index contributed by atoms with van der Waals surface area (Å²) in [5.74, 6) is -2.24. The van der Waals surface area contributed by atoms with Gasteiger partial charge < -0.3 is 19.8 Å². The van der Waals surface area contributed by atoms with Gasteiger partial charge in [-0.05, 0) is 38.5 Å². The van der Waals surface area contributed by atoms with Gasteiger partial charge >= 0.3 is 37.7 Å². The first-order valence-electron chi connectivity index (χ1n) is 17.1. The fourth-order valence-corrected chi connectivity index (χ4v) is 4.90. The fourth-order valence-electron chi connectivity index (χ4n) is 4.90. The summed E-state index contributed by atoms with van der Waals surface area (Å²) in [6.45, 7) is 0. The molecule has 0 aromatic heterocycles. The van der Waals surface area contributed by atoms with Gasteiger partial charge in [-0.2, -0.15) is 10.5 Å².